The van der Waals surface area contributed by atoms with E-state index in [1.165, 1.54) is 0 Å². The van der Waals surface area contributed by atoms with Gasteiger partial charge in [-0.3, -0.25) is 9.35 Å². The Morgan fingerprint density at radius 1 is 1.53 bits per heavy atom. The standard InChI is InChI=1S/C7H16N2O4S2/c1-8-6(2-4-14)7(10)9-3-5-15(11,12)13/h6,8,14H,2-5H2,1H3,(H,9,10)(H,11,12,13). The molecule has 0 aromatic carbocycles. The predicted molar refractivity (Wildman–Crippen MR) is 60.7 cm³/mol. The summed E-state index contributed by atoms with van der Waals surface area (Å²) in [6.45, 7) is -0.0948. The van der Waals surface area contributed by atoms with Crippen molar-refractivity contribution in [2.24, 2.45) is 0 Å². The first-order chi connectivity index (χ1) is 6.90. The molecule has 8 heteroatoms. The summed E-state index contributed by atoms with van der Waals surface area (Å²) in [5.74, 6) is -0.219. The van der Waals surface area contributed by atoms with Gasteiger partial charge in [-0.1, -0.05) is 0 Å². The molecule has 0 spiro atoms. The van der Waals surface area contributed by atoms with Crippen molar-refractivity contribution in [1.29, 1.82) is 0 Å². The van der Waals surface area contributed by atoms with Gasteiger partial charge in [0.2, 0.25) is 5.91 Å². The van der Waals surface area contributed by atoms with Gasteiger partial charge < -0.3 is 10.6 Å². The number of carbonyl (C=O) groups is 1. The van der Waals surface area contributed by atoms with Gasteiger partial charge in [-0.2, -0.15) is 21.0 Å². The average Bonchev–Trinajstić information content (AvgIpc) is 2.11. The van der Waals surface area contributed by atoms with Crippen LogP contribution in [0, 0.1) is 0 Å². The molecule has 0 heterocycles. The highest BCUT2D eigenvalue weighted by atomic mass is 32.2. The van der Waals surface area contributed by atoms with E-state index in [9.17, 15) is 13.2 Å². The minimum absolute atomic E-state index is 0.0948. The molecule has 0 aliphatic heterocycles. The van der Waals surface area contributed by atoms with Crippen LogP contribution in [0.5, 0.6) is 0 Å². The maximum atomic E-state index is 11.4. The molecule has 0 aromatic heterocycles. The number of hydrogen-bond donors (Lipinski definition) is 4. The van der Waals surface area contributed by atoms with Gasteiger partial charge in [0, 0.05) is 6.54 Å². The Morgan fingerprint density at radius 3 is 2.53 bits per heavy atom. The van der Waals surface area contributed by atoms with Crippen LogP contribution in [0.1, 0.15) is 6.42 Å². The maximum Gasteiger partial charge on any atom is 0.266 e. The van der Waals surface area contributed by atoms with Gasteiger partial charge in [-0.15, -0.1) is 0 Å². The quantitative estimate of drug-likeness (QED) is 0.342. The second-order valence-electron chi connectivity index (χ2n) is 2.93. The van der Waals surface area contributed by atoms with E-state index in [1.54, 1.807) is 7.05 Å². The van der Waals surface area contributed by atoms with E-state index in [2.05, 4.69) is 23.3 Å². The summed E-state index contributed by atoms with van der Waals surface area (Å²) in [5.41, 5.74) is 0. The molecule has 0 fully saturated rings. The van der Waals surface area contributed by atoms with E-state index < -0.39 is 15.9 Å². The number of amides is 1. The first-order valence-electron chi connectivity index (χ1n) is 4.41. The van der Waals surface area contributed by atoms with Crippen molar-refractivity contribution < 1.29 is 17.8 Å². The highest BCUT2D eigenvalue weighted by Gasteiger charge is 2.15. The summed E-state index contributed by atoms with van der Waals surface area (Å²) in [6, 6.07) is -0.385. The van der Waals surface area contributed by atoms with Crippen molar-refractivity contribution in [3.05, 3.63) is 0 Å². The summed E-state index contributed by atoms with van der Waals surface area (Å²) in [6.07, 6.45) is 0.553. The van der Waals surface area contributed by atoms with Gasteiger partial charge in [-0.05, 0) is 19.2 Å². The van der Waals surface area contributed by atoms with Crippen LogP contribution >= 0.6 is 12.6 Å². The number of thiol groups is 1. The van der Waals surface area contributed by atoms with E-state index in [4.69, 9.17) is 4.55 Å². The lowest BCUT2D eigenvalue weighted by Crippen LogP contribution is -2.44. The largest absolute Gasteiger partial charge is 0.354 e. The fourth-order valence-electron chi connectivity index (χ4n) is 0.962. The van der Waals surface area contributed by atoms with Crippen LogP contribution in [-0.4, -0.2) is 50.0 Å². The number of likely N-dealkylation sites (N-methyl/N-ethyl adjacent to an activating group) is 1. The van der Waals surface area contributed by atoms with Crippen molar-refractivity contribution in [3.63, 3.8) is 0 Å². The van der Waals surface area contributed by atoms with Crippen LogP contribution < -0.4 is 10.6 Å². The lowest BCUT2D eigenvalue weighted by molar-refractivity contribution is -0.122. The molecular formula is C7H16N2O4S2. The van der Waals surface area contributed by atoms with E-state index in [1.807, 2.05) is 0 Å². The van der Waals surface area contributed by atoms with Crippen molar-refractivity contribution >= 4 is 28.7 Å². The first kappa shape index (κ1) is 14.7. The number of nitrogens with one attached hydrogen (secondary N) is 2. The maximum absolute atomic E-state index is 11.4. The van der Waals surface area contributed by atoms with E-state index >= 15 is 0 Å². The molecule has 90 valence electrons. The van der Waals surface area contributed by atoms with Crippen LogP contribution in [0.15, 0.2) is 0 Å². The lowest BCUT2D eigenvalue weighted by Gasteiger charge is -2.14. The average molecular weight is 256 g/mol. The van der Waals surface area contributed by atoms with Gasteiger partial charge in [0.15, 0.2) is 0 Å². The molecule has 0 aliphatic rings. The van der Waals surface area contributed by atoms with Crippen molar-refractivity contribution in [3.8, 4) is 0 Å². The van der Waals surface area contributed by atoms with E-state index in [0.717, 1.165) is 0 Å². The fraction of sp³-hybridized carbons (Fsp3) is 0.857. The van der Waals surface area contributed by atoms with Gasteiger partial charge in [-0.25, -0.2) is 0 Å². The third-order valence-electron chi connectivity index (χ3n) is 1.74. The van der Waals surface area contributed by atoms with Crippen LogP contribution in [0.25, 0.3) is 0 Å². The highest BCUT2D eigenvalue weighted by Crippen LogP contribution is 1.93. The second-order valence-corrected chi connectivity index (χ2v) is 4.95. The zero-order valence-electron chi connectivity index (χ0n) is 8.43. The summed E-state index contributed by atoms with van der Waals surface area (Å²) in [7, 11) is -2.38. The predicted octanol–water partition coefficient (Wildman–Crippen LogP) is -1.10. The molecule has 0 radical (unpaired) electrons. The molecule has 0 rings (SSSR count). The molecule has 6 nitrogen and oxygen atoms in total. The summed E-state index contributed by atoms with van der Waals surface area (Å²) >= 11 is 3.99. The minimum atomic E-state index is -4.01. The molecule has 3 N–H and O–H groups in total. The van der Waals surface area contributed by atoms with Crippen molar-refractivity contribution in [1.82, 2.24) is 10.6 Å². The highest BCUT2D eigenvalue weighted by molar-refractivity contribution is 7.85. The summed E-state index contributed by atoms with van der Waals surface area (Å²) in [4.78, 5) is 11.4. The van der Waals surface area contributed by atoms with E-state index in [-0.39, 0.29) is 18.5 Å². The van der Waals surface area contributed by atoms with Gasteiger partial charge in [0.1, 0.15) is 0 Å². The minimum Gasteiger partial charge on any atom is -0.354 e. The van der Waals surface area contributed by atoms with Gasteiger partial charge in [0.25, 0.3) is 10.1 Å². The zero-order valence-corrected chi connectivity index (χ0v) is 10.1. The van der Waals surface area contributed by atoms with Crippen LogP contribution in [0.4, 0.5) is 0 Å². The lowest BCUT2D eigenvalue weighted by atomic mass is 10.2. The van der Waals surface area contributed by atoms with Gasteiger partial charge >= 0.3 is 0 Å². The SMILES string of the molecule is CNC(CCS)C(=O)NCCS(=O)(=O)O. The number of hydrogen-bond acceptors (Lipinski definition) is 5. The Morgan fingerprint density at radius 2 is 2.13 bits per heavy atom. The Hall–Kier alpha value is -0.310. The van der Waals surface area contributed by atoms with Crippen molar-refractivity contribution in [2.45, 2.75) is 12.5 Å². The molecular weight excluding hydrogens is 240 g/mol. The molecule has 1 atom stereocenters. The molecule has 0 aliphatic carbocycles. The van der Waals surface area contributed by atoms with Gasteiger partial charge in [0.05, 0.1) is 11.8 Å². The molecule has 0 saturated carbocycles. The molecule has 0 aromatic rings. The Kier molecular flexibility index (Phi) is 6.90. The molecule has 1 amide bonds. The number of carbonyl (C=O) groups excluding carboxylic acids is 1. The Balaban J connectivity index is 3.91. The monoisotopic (exact) mass is 256 g/mol. The first-order valence-corrected chi connectivity index (χ1v) is 6.66. The van der Waals surface area contributed by atoms with Crippen LogP contribution in [0.2, 0.25) is 0 Å². The molecule has 1 unspecified atom stereocenters. The Bertz CT molecular complexity index is 291. The summed E-state index contributed by atoms with van der Waals surface area (Å²) in [5, 5.41) is 5.18. The molecule has 0 bridgehead atoms. The smallest absolute Gasteiger partial charge is 0.266 e. The zero-order chi connectivity index (χ0) is 11.9. The number of rotatable bonds is 7. The topological polar surface area (TPSA) is 95.5 Å². The normalized spacial score (nSPS) is 13.5. The molecule has 0 saturated heterocycles. The fourth-order valence-corrected chi connectivity index (χ4v) is 1.58. The van der Waals surface area contributed by atoms with Crippen LogP contribution in [0.3, 0.4) is 0 Å². The van der Waals surface area contributed by atoms with E-state index in [0.29, 0.717) is 12.2 Å². The molecule has 15 heavy (non-hydrogen) atoms. The second kappa shape index (κ2) is 7.04. The summed E-state index contributed by atoms with van der Waals surface area (Å²) < 4.78 is 29.1. The van der Waals surface area contributed by atoms with Crippen molar-refractivity contribution in [2.75, 3.05) is 25.1 Å². The van der Waals surface area contributed by atoms with Crippen LogP contribution in [-0.2, 0) is 14.9 Å². The Labute approximate surface area is 95.0 Å². The third kappa shape index (κ3) is 7.60. The third-order valence-corrected chi connectivity index (χ3v) is 2.72.